The zero-order valence-electron chi connectivity index (χ0n) is 15.9. The van der Waals surface area contributed by atoms with Crippen molar-refractivity contribution >= 4 is 17.5 Å². The Morgan fingerprint density at radius 3 is 2.61 bits per heavy atom. The molecule has 8 nitrogen and oxygen atoms in total. The van der Waals surface area contributed by atoms with Crippen LogP contribution in [0.3, 0.4) is 0 Å². The number of rotatable bonds is 6. The highest BCUT2D eigenvalue weighted by Crippen LogP contribution is 2.37. The van der Waals surface area contributed by atoms with Gasteiger partial charge in [0.15, 0.2) is 12.4 Å². The number of aryl methyl sites for hydroxylation is 1. The van der Waals surface area contributed by atoms with Crippen LogP contribution < -0.4 is 15.0 Å². The number of nitrogens with zero attached hydrogens (tertiary/aromatic N) is 3. The minimum absolute atomic E-state index is 0.0967. The molecular formula is C20H24N4O4. The summed E-state index contributed by atoms with van der Waals surface area (Å²) in [7, 11) is 0. The Balaban J connectivity index is 1.35. The zero-order valence-corrected chi connectivity index (χ0v) is 15.9. The predicted molar refractivity (Wildman–Crippen MR) is 101 cm³/mol. The van der Waals surface area contributed by atoms with E-state index < -0.39 is 5.54 Å². The molecule has 2 amide bonds. The van der Waals surface area contributed by atoms with Crippen LogP contribution in [0.2, 0.25) is 0 Å². The summed E-state index contributed by atoms with van der Waals surface area (Å²) in [5, 5.41) is 7.07. The average molecular weight is 384 g/mol. The predicted octanol–water partition coefficient (Wildman–Crippen LogP) is 2.47. The largest absolute Gasteiger partial charge is 0.484 e. The summed E-state index contributed by atoms with van der Waals surface area (Å²) < 4.78 is 10.7. The molecule has 0 spiro atoms. The lowest BCUT2D eigenvalue weighted by Crippen LogP contribution is -2.46. The fourth-order valence-corrected chi connectivity index (χ4v) is 3.97. The van der Waals surface area contributed by atoms with Crippen LogP contribution in [-0.2, 0) is 15.1 Å². The minimum atomic E-state index is -0.571. The molecule has 2 aliphatic rings. The first-order chi connectivity index (χ1) is 13.6. The summed E-state index contributed by atoms with van der Waals surface area (Å²) in [6.45, 7) is 2.39. The maximum atomic E-state index is 12.5. The number of hydrogen-bond donors (Lipinski definition) is 1. The fourth-order valence-electron chi connectivity index (χ4n) is 3.97. The third kappa shape index (κ3) is 3.72. The van der Waals surface area contributed by atoms with Gasteiger partial charge in [-0.05, 0) is 43.5 Å². The molecule has 8 heteroatoms. The smallest absolute Gasteiger partial charge is 0.258 e. The summed E-state index contributed by atoms with van der Waals surface area (Å²) in [4.78, 5) is 30.4. The maximum absolute atomic E-state index is 12.5. The van der Waals surface area contributed by atoms with E-state index in [1.54, 1.807) is 24.0 Å². The van der Waals surface area contributed by atoms with E-state index in [9.17, 15) is 9.59 Å². The van der Waals surface area contributed by atoms with Gasteiger partial charge in [0.25, 0.3) is 5.91 Å². The van der Waals surface area contributed by atoms with Crippen LogP contribution in [0.1, 0.15) is 50.2 Å². The van der Waals surface area contributed by atoms with Gasteiger partial charge in [0, 0.05) is 25.6 Å². The lowest BCUT2D eigenvalue weighted by atomic mass is 9.96. The molecule has 2 fully saturated rings. The molecule has 1 aromatic carbocycles. The highest BCUT2D eigenvalue weighted by molar-refractivity contribution is 5.95. The number of hydrogen-bond acceptors (Lipinski definition) is 6. The summed E-state index contributed by atoms with van der Waals surface area (Å²) in [6.07, 6.45) is 5.07. The van der Waals surface area contributed by atoms with Crippen LogP contribution >= 0.6 is 0 Å². The summed E-state index contributed by atoms with van der Waals surface area (Å²) in [5.41, 5.74) is 0.287. The first-order valence-electron chi connectivity index (χ1n) is 9.71. The molecule has 4 rings (SSSR count). The van der Waals surface area contributed by atoms with E-state index in [0.717, 1.165) is 44.3 Å². The first-order valence-corrected chi connectivity index (χ1v) is 9.71. The van der Waals surface area contributed by atoms with Gasteiger partial charge >= 0.3 is 0 Å². The number of aromatic nitrogens is 2. The molecular weight excluding hydrogens is 360 g/mol. The molecule has 0 atom stereocenters. The van der Waals surface area contributed by atoms with Crippen LogP contribution in [0.15, 0.2) is 28.8 Å². The number of carbonyl (C=O) groups excluding carboxylic acids is 2. The van der Waals surface area contributed by atoms with Crippen LogP contribution in [0.25, 0.3) is 0 Å². The van der Waals surface area contributed by atoms with Gasteiger partial charge < -0.3 is 19.5 Å². The van der Waals surface area contributed by atoms with E-state index >= 15 is 0 Å². The van der Waals surface area contributed by atoms with Gasteiger partial charge in [-0.3, -0.25) is 9.59 Å². The maximum Gasteiger partial charge on any atom is 0.258 e. The van der Waals surface area contributed by atoms with E-state index in [2.05, 4.69) is 15.5 Å². The van der Waals surface area contributed by atoms with Gasteiger partial charge in [-0.15, -0.1) is 0 Å². The Bertz CT molecular complexity index is 855. The number of amides is 2. The Labute approximate surface area is 163 Å². The van der Waals surface area contributed by atoms with Crippen LogP contribution in [0, 0.1) is 6.92 Å². The molecule has 1 aromatic heterocycles. The monoisotopic (exact) mass is 384 g/mol. The molecule has 2 heterocycles. The van der Waals surface area contributed by atoms with Crippen molar-refractivity contribution in [1.29, 1.82) is 0 Å². The number of nitrogens with one attached hydrogen (secondary N) is 1. The molecule has 0 unspecified atom stereocenters. The highest BCUT2D eigenvalue weighted by Gasteiger charge is 2.41. The van der Waals surface area contributed by atoms with E-state index in [4.69, 9.17) is 9.26 Å². The third-order valence-corrected chi connectivity index (χ3v) is 5.38. The van der Waals surface area contributed by atoms with Gasteiger partial charge in [0.2, 0.25) is 11.8 Å². The lowest BCUT2D eigenvalue weighted by molar-refractivity contribution is -0.125. The van der Waals surface area contributed by atoms with Gasteiger partial charge in [-0.2, -0.15) is 4.98 Å². The summed E-state index contributed by atoms with van der Waals surface area (Å²) in [5.74, 6) is 1.54. The molecule has 1 aliphatic heterocycles. The van der Waals surface area contributed by atoms with Crippen molar-refractivity contribution in [3.63, 3.8) is 0 Å². The van der Waals surface area contributed by atoms with Crippen molar-refractivity contribution in [2.75, 3.05) is 18.1 Å². The molecule has 1 aliphatic carbocycles. The Hall–Kier alpha value is -2.90. The second-order valence-corrected chi connectivity index (χ2v) is 7.41. The Morgan fingerprint density at radius 2 is 2.00 bits per heavy atom. The third-order valence-electron chi connectivity index (χ3n) is 5.38. The van der Waals surface area contributed by atoms with Gasteiger partial charge in [0.1, 0.15) is 11.3 Å². The second-order valence-electron chi connectivity index (χ2n) is 7.41. The number of ether oxygens (including phenoxy) is 1. The molecule has 148 valence electrons. The number of anilines is 1. The summed E-state index contributed by atoms with van der Waals surface area (Å²) in [6, 6.07) is 7.25. The quantitative estimate of drug-likeness (QED) is 0.822. The Kier molecular flexibility index (Phi) is 5.02. The van der Waals surface area contributed by atoms with E-state index in [0.29, 0.717) is 23.9 Å². The minimum Gasteiger partial charge on any atom is -0.484 e. The highest BCUT2D eigenvalue weighted by atomic mass is 16.5. The molecule has 28 heavy (non-hydrogen) atoms. The van der Waals surface area contributed by atoms with Crippen molar-refractivity contribution in [2.45, 2.75) is 51.0 Å². The first kappa shape index (κ1) is 18.5. The van der Waals surface area contributed by atoms with Crippen LogP contribution in [0.5, 0.6) is 5.75 Å². The van der Waals surface area contributed by atoms with Crippen molar-refractivity contribution in [1.82, 2.24) is 15.5 Å². The molecule has 0 bridgehead atoms. The van der Waals surface area contributed by atoms with Crippen molar-refractivity contribution in [2.24, 2.45) is 0 Å². The van der Waals surface area contributed by atoms with E-state index in [1.165, 1.54) is 0 Å². The second kappa shape index (κ2) is 7.61. The topological polar surface area (TPSA) is 97.6 Å². The molecule has 1 saturated heterocycles. The lowest BCUT2D eigenvalue weighted by Gasteiger charge is -2.26. The van der Waals surface area contributed by atoms with Crippen molar-refractivity contribution < 1.29 is 18.8 Å². The number of benzene rings is 1. The SMILES string of the molecule is Cc1nc(C2(NC(=O)COc3ccc(N4CCCC4=O)cc3)CCCC2)no1. The number of carbonyl (C=O) groups is 2. The fraction of sp³-hybridized carbons (Fsp3) is 0.500. The van der Waals surface area contributed by atoms with Crippen LogP contribution in [0.4, 0.5) is 5.69 Å². The van der Waals surface area contributed by atoms with Crippen LogP contribution in [-0.4, -0.2) is 35.1 Å². The van der Waals surface area contributed by atoms with Gasteiger partial charge in [0.05, 0.1) is 0 Å². The van der Waals surface area contributed by atoms with E-state index in [-0.39, 0.29) is 18.4 Å². The molecule has 0 radical (unpaired) electrons. The van der Waals surface area contributed by atoms with Crippen molar-refractivity contribution in [3.8, 4) is 5.75 Å². The zero-order chi connectivity index (χ0) is 19.6. The molecule has 2 aromatic rings. The van der Waals surface area contributed by atoms with E-state index in [1.807, 2.05) is 12.1 Å². The summed E-state index contributed by atoms with van der Waals surface area (Å²) >= 11 is 0. The average Bonchev–Trinajstić information content (AvgIpc) is 3.43. The standard InChI is InChI=1S/C20H24N4O4/c1-14-21-19(23-28-14)20(10-2-3-11-20)22-17(25)13-27-16-8-6-15(7-9-16)24-12-4-5-18(24)26/h6-9H,2-5,10-13H2,1H3,(H,22,25). The van der Waals surface area contributed by atoms with Gasteiger partial charge in [-0.25, -0.2) is 0 Å². The van der Waals surface area contributed by atoms with Gasteiger partial charge in [-0.1, -0.05) is 18.0 Å². The normalized spacial score (nSPS) is 18.5. The Morgan fingerprint density at radius 1 is 1.25 bits per heavy atom. The molecule has 1 saturated carbocycles. The van der Waals surface area contributed by atoms with Crippen molar-refractivity contribution in [3.05, 3.63) is 36.0 Å². The molecule has 1 N–H and O–H groups in total.